The Morgan fingerprint density at radius 1 is 1.00 bits per heavy atom. The van der Waals surface area contributed by atoms with Crippen LogP contribution < -0.4 is 14.5 Å². The molecule has 2 saturated heterocycles. The summed E-state index contributed by atoms with van der Waals surface area (Å²) in [4.78, 5) is 24.0. The van der Waals surface area contributed by atoms with Crippen LogP contribution in [-0.2, 0) is 10.2 Å². The van der Waals surface area contributed by atoms with Crippen molar-refractivity contribution in [2.75, 3.05) is 49.6 Å². The number of nitrogens with zero attached hydrogens (tertiary/aromatic N) is 4. The van der Waals surface area contributed by atoms with Gasteiger partial charge in [-0.2, -0.15) is 0 Å². The average Bonchev–Trinajstić information content (AvgIpc) is 3.09. The van der Waals surface area contributed by atoms with E-state index in [1.165, 1.54) is 5.56 Å². The standard InChI is InChI=1S/C24H32N4O2/c1-24(2,3)18-7-9-19(10-8-18)28-13-11-21(23(28)29)30-20-6-5-12-25-22(20)27-16-14-26(4)15-17-27/h5-10,12,21H,11,13-17H2,1-4H3. The molecule has 0 radical (unpaired) electrons. The quantitative estimate of drug-likeness (QED) is 0.777. The fraction of sp³-hybridized carbons (Fsp3) is 0.500. The molecule has 3 heterocycles. The molecule has 0 spiro atoms. The molecule has 6 nitrogen and oxygen atoms in total. The molecule has 2 fully saturated rings. The van der Waals surface area contributed by atoms with E-state index in [1.54, 1.807) is 6.20 Å². The number of amides is 1. The van der Waals surface area contributed by atoms with Gasteiger partial charge < -0.3 is 19.4 Å². The number of ether oxygens (including phenoxy) is 1. The van der Waals surface area contributed by atoms with E-state index in [0.717, 1.165) is 37.7 Å². The molecule has 1 aromatic heterocycles. The summed E-state index contributed by atoms with van der Waals surface area (Å²) >= 11 is 0. The summed E-state index contributed by atoms with van der Waals surface area (Å²) in [6, 6.07) is 12.1. The van der Waals surface area contributed by atoms with Crippen molar-refractivity contribution in [3.05, 3.63) is 48.2 Å². The van der Waals surface area contributed by atoms with Crippen molar-refractivity contribution in [3.8, 4) is 5.75 Å². The van der Waals surface area contributed by atoms with Gasteiger partial charge in [-0.3, -0.25) is 4.79 Å². The number of carbonyl (C=O) groups is 1. The number of benzene rings is 1. The number of carbonyl (C=O) groups excluding carboxylic acids is 1. The van der Waals surface area contributed by atoms with Crippen LogP contribution in [0.25, 0.3) is 0 Å². The molecule has 0 saturated carbocycles. The van der Waals surface area contributed by atoms with Gasteiger partial charge in [-0.15, -0.1) is 0 Å². The second-order valence-electron chi connectivity index (χ2n) is 9.30. The van der Waals surface area contributed by atoms with Gasteiger partial charge in [0.25, 0.3) is 5.91 Å². The van der Waals surface area contributed by atoms with E-state index < -0.39 is 6.10 Å². The monoisotopic (exact) mass is 408 g/mol. The van der Waals surface area contributed by atoms with Crippen LogP contribution in [0.15, 0.2) is 42.6 Å². The first kappa shape index (κ1) is 20.7. The number of pyridine rings is 1. The lowest BCUT2D eigenvalue weighted by atomic mass is 9.87. The molecular formula is C24H32N4O2. The maximum Gasteiger partial charge on any atom is 0.268 e. The van der Waals surface area contributed by atoms with Gasteiger partial charge in [-0.05, 0) is 42.3 Å². The molecule has 6 heteroatoms. The third-order valence-electron chi connectivity index (χ3n) is 6.02. The van der Waals surface area contributed by atoms with Crippen molar-refractivity contribution in [1.82, 2.24) is 9.88 Å². The van der Waals surface area contributed by atoms with Crippen molar-refractivity contribution in [3.63, 3.8) is 0 Å². The summed E-state index contributed by atoms with van der Waals surface area (Å²) in [5.41, 5.74) is 2.29. The summed E-state index contributed by atoms with van der Waals surface area (Å²) in [6.07, 6.45) is 2.00. The second kappa shape index (κ2) is 8.26. The first-order valence-electron chi connectivity index (χ1n) is 10.8. The Morgan fingerprint density at radius 2 is 1.70 bits per heavy atom. The maximum absolute atomic E-state index is 13.1. The first-order valence-corrected chi connectivity index (χ1v) is 10.8. The number of aromatic nitrogens is 1. The number of rotatable bonds is 4. The summed E-state index contributed by atoms with van der Waals surface area (Å²) in [5, 5.41) is 0. The molecule has 30 heavy (non-hydrogen) atoms. The molecule has 160 valence electrons. The van der Waals surface area contributed by atoms with E-state index in [4.69, 9.17) is 4.74 Å². The lowest BCUT2D eigenvalue weighted by molar-refractivity contribution is -0.122. The van der Waals surface area contributed by atoms with Crippen molar-refractivity contribution >= 4 is 17.4 Å². The Balaban J connectivity index is 1.46. The summed E-state index contributed by atoms with van der Waals surface area (Å²) in [7, 11) is 2.13. The molecule has 2 aliphatic rings. The fourth-order valence-corrected chi connectivity index (χ4v) is 4.04. The lowest BCUT2D eigenvalue weighted by Gasteiger charge is -2.34. The molecule has 1 atom stereocenters. The van der Waals surface area contributed by atoms with Gasteiger partial charge >= 0.3 is 0 Å². The molecule has 0 aliphatic carbocycles. The molecule has 2 aliphatic heterocycles. The van der Waals surface area contributed by atoms with E-state index in [1.807, 2.05) is 29.2 Å². The minimum atomic E-state index is -0.470. The molecule has 4 rings (SSSR count). The van der Waals surface area contributed by atoms with Gasteiger partial charge in [0.15, 0.2) is 17.7 Å². The van der Waals surface area contributed by atoms with Gasteiger partial charge in [0, 0.05) is 51.0 Å². The fourth-order valence-electron chi connectivity index (χ4n) is 4.04. The topological polar surface area (TPSA) is 48.9 Å². The van der Waals surface area contributed by atoms with Crippen LogP contribution in [-0.4, -0.2) is 61.7 Å². The zero-order valence-electron chi connectivity index (χ0n) is 18.5. The van der Waals surface area contributed by atoms with E-state index >= 15 is 0 Å². The smallest absolute Gasteiger partial charge is 0.268 e. The van der Waals surface area contributed by atoms with Crippen LogP contribution >= 0.6 is 0 Å². The van der Waals surface area contributed by atoms with E-state index in [9.17, 15) is 4.79 Å². The van der Waals surface area contributed by atoms with Crippen LogP contribution in [0.1, 0.15) is 32.8 Å². The molecule has 0 N–H and O–H groups in total. The average molecular weight is 409 g/mol. The van der Waals surface area contributed by atoms with Crippen molar-refractivity contribution in [2.45, 2.75) is 38.7 Å². The SMILES string of the molecule is CN1CCN(c2ncccc2OC2CCN(c3ccc(C(C)(C)C)cc3)C2=O)CC1. The Labute approximate surface area is 179 Å². The highest BCUT2D eigenvalue weighted by Crippen LogP contribution is 2.31. The third-order valence-corrected chi connectivity index (χ3v) is 6.02. The van der Waals surface area contributed by atoms with Crippen LogP contribution in [0.5, 0.6) is 5.75 Å². The van der Waals surface area contributed by atoms with Gasteiger partial charge in [-0.25, -0.2) is 4.98 Å². The van der Waals surface area contributed by atoms with Crippen molar-refractivity contribution in [2.24, 2.45) is 0 Å². The number of piperazine rings is 1. The van der Waals surface area contributed by atoms with Gasteiger partial charge in [0.2, 0.25) is 0 Å². The third kappa shape index (κ3) is 4.29. The van der Waals surface area contributed by atoms with E-state index in [-0.39, 0.29) is 11.3 Å². The Kier molecular flexibility index (Phi) is 5.69. The second-order valence-corrected chi connectivity index (χ2v) is 9.30. The largest absolute Gasteiger partial charge is 0.477 e. The predicted molar refractivity (Wildman–Crippen MR) is 120 cm³/mol. The van der Waals surface area contributed by atoms with Crippen molar-refractivity contribution in [1.29, 1.82) is 0 Å². The van der Waals surface area contributed by atoms with Gasteiger partial charge in [0.05, 0.1) is 0 Å². The highest BCUT2D eigenvalue weighted by Gasteiger charge is 2.35. The number of hydrogen-bond donors (Lipinski definition) is 0. The highest BCUT2D eigenvalue weighted by atomic mass is 16.5. The zero-order valence-corrected chi connectivity index (χ0v) is 18.5. The Bertz CT molecular complexity index is 883. The molecule has 2 aromatic rings. The number of likely N-dealkylation sites (N-methyl/N-ethyl adjacent to an activating group) is 1. The molecule has 1 aromatic carbocycles. The lowest BCUT2D eigenvalue weighted by Crippen LogP contribution is -2.45. The normalized spacial score (nSPS) is 20.7. The summed E-state index contributed by atoms with van der Waals surface area (Å²) in [5.74, 6) is 1.56. The molecule has 1 unspecified atom stereocenters. The Morgan fingerprint density at radius 3 is 2.37 bits per heavy atom. The predicted octanol–water partition coefficient (Wildman–Crippen LogP) is 3.32. The number of hydrogen-bond acceptors (Lipinski definition) is 5. The van der Waals surface area contributed by atoms with E-state index in [0.29, 0.717) is 18.7 Å². The first-order chi connectivity index (χ1) is 14.3. The molecular weight excluding hydrogens is 376 g/mol. The number of anilines is 2. The van der Waals surface area contributed by atoms with Crippen LogP contribution in [0.4, 0.5) is 11.5 Å². The van der Waals surface area contributed by atoms with Crippen LogP contribution in [0.2, 0.25) is 0 Å². The van der Waals surface area contributed by atoms with E-state index in [2.05, 4.69) is 54.7 Å². The molecule has 0 bridgehead atoms. The zero-order chi connectivity index (χ0) is 21.3. The minimum absolute atomic E-state index is 0.0201. The highest BCUT2D eigenvalue weighted by molar-refractivity contribution is 5.99. The van der Waals surface area contributed by atoms with Gasteiger partial charge in [-0.1, -0.05) is 32.9 Å². The van der Waals surface area contributed by atoms with Crippen molar-refractivity contribution < 1.29 is 9.53 Å². The maximum atomic E-state index is 13.1. The minimum Gasteiger partial charge on any atom is -0.477 e. The van der Waals surface area contributed by atoms with Crippen LogP contribution in [0.3, 0.4) is 0 Å². The summed E-state index contributed by atoms with van der Waals surface area (Å²) in [6.45, 7) is 11.1. The Hall–Kier alpha value is -2.60. The van der Waals surface area contributed by atoms with Crippen LogP contribution in [0, 0.1) is 0 Å². The molecule has 1 amide bonds. The van der Waals surface area contributed by atoms with Gasteiger partial charge in [0.1, 0.15) is 0 Å². The summed E-state index contributed by atoms with van der Waals surface area (Å²) < 4.78 is 6.22.